The molecule has 3 nitrogen and oxygen atoms in total. The van der Waals surface area contributed by atoms with Gasteiger partial charge in [0.05, 0.1) is 0 Å². The first-order valence-corrected chi connectivity index (χ1v) is 7.80. The van der Waals surface area contributed by atoms with Crippen LogP contribution in [0.4, 0.5) is 0 Å². The van der Waals surface area contributed by atoms with E-state index in [9.17, 15) is 0 Å². The van der Waals surface area contributed by atoms with Gasteiger partial charge in [0.25, 0.3) is 0 Å². The summed E-state index contributed by atoms with van der Waals surface area (Å²) in [6, 6.07) is 0. The van der Waals surface area contributed by atoms with Crippen LogP contribution in [0.5, 0.6) is 0 Å². The van der Waals surface area contributed by atoms with Gasteiger partial charge in [0.1, 0.15) is 0 Å². The number of piperidine rings is 1. The van der Waals surface area contributed by atoms with Crippen LogP contribution < -0.4 is 5.32 Å². The molecule has 0 amide bonds. The van der Waals surface area contributed by atoms with Crippen molar-refractivity contribution in [2.75, 3.05) is 53.4 Å². The first kappa shape index (κ1) is 15.9. The molecule has 0 spiro atoms. The number of nitrogens with one attached hydrogen (secondary N) is 1. The van der Waals surface area contributed by atoms with Gasteiger partial charge in [-0.2, -0.15) is 0 Å². The van der Waals surface area contributed by atoms with Gasteiger partial charge < -0.3 is 15.1 Å². The zero-order valence-electron chi connectivity index (χ0n) is 12.7. The van der Waals surface area contributed by atoms with Gasteiger partial charge in [-0.3, -0.25) is 0 Å². The van der Waals surface area contributed by atoms with Crippen LogP contribution in [-0.2, 0) is 0 Å². The van der Waals surface area contributed by atoms with Crippen molar-refractivity contribution in [3.8, 4) is 0 Å². The summed E-state index contributed by atoms with van der Waals surface area (Å²) in [5.74, 6) is 0.935. The van der Waals surface area contributed by atoms with E-state index in [4.69, 9.17) is 0 Å². The zero-order chi connectivity index (χ0) is 13.2. The summed E-state index contributed by atoms with van der Waals surface area (Å²) in [5, 5.41) is 3.39. The molecule has 1 N–H and O–H groups in total. The lowest BCUT2D eigenvalue weighted by Gasteiger charge is -2.33. The van der Waals surface area contributed by atoms with E-state index in [1.807, 2.05) is 0 Å². The highest BCUT2D eigenvalue weighted by Crippen LogP contribution is 2.18. The largest absolute Gasteiger partial charge is 0.317 e. The number of rotatable bonds is 9. The Morgan fingerprint density at radius 2 is 1.83 bits per heavy atom. The van der Waals surface area contributed by atoms with E-state index in [0.717, 1.165) is 12.5 Å². The van der Waals surface area contributed by atoms with E-state index < -0.39 is 0 Å². The van der Waals surface area contributed by atoms with Crippen LogP contribution in [0.1, 0.15) is 39.0 Å². The topological polar surface area (TPSA) is 18.5 Å². The van der Waals surface area contributed by atoms with Crippen LogP contribution in [0.2, 0.25) is 0 Å². The third kappa shape index (κ3) is 7.34. The highest BCUT2D eigenvalue weighted by atomic mass is 15.1. The fourth-order valence-electron chi connectivity index (χ4n) is 2.85. The maximum atomic E-state index is 3.39. The lowest BCUT2D eigenvalue weighted by Crippen LogP contribution is -2.37. The Hall–Kier alpha value is -0.120. The van der Waals surface area contributed by atoms with Gasteiger partial charge in [-0.15, -0.1) is 0 Å². The van der Waals surface area contributed by atoms with Crippen molar-refractivity contribution in [3.63, 3.8) is 0 Å². The van der Waals surface area contributed by atoms with Crippen LogP contribution in [0.3, 0.4) is 0 Å². The van der Waals surface area contributed by atoms with Gasteiger partial charge in [0, 0.05) is 6.54 Å². The summed E-state index contributed by atoms with van der Waals surface area (Å²) < 4.78 is 0. The molecule has 0 bridgehead atoms. The molecule has 0 unspecified atom stereocenters. The fraction of sp³-hybridized carbons (Fsp3) is 1.00. The predicted octanol–water partition coefficient (Wildman–Crippen LogP) is 2.04. The molecule has 1 rings (SSSR count). The monoisotopic (exact) mass is 255 g/mol. The Labute approximate surface area is 114 Å². The van der Waals surface area contributed by atoms with E-state index in [2.05, 4.69) is 36.1 Å². The lowest BCUT2D eigenvalue weighted by atomic mass is 9.96. The van der Waals surface area contributed by atoms with Crippen molar-refractivity contribution in [2.24, 2.45) is 5.92 Å². The number of nitrogens with zero attached hydrogens (tertiary/aromatic N) is 2. The lowest BCUT2D eigenvalue weighted by molar-refractivity contribution is 0.160. The summed E-state index contributed by atoms with van der Waals surface area (Å²) in [6.07, 6.45) is 6.89. The minimum atomic E-state index is 0.935. The molecule has 0 atom stereocenters. The van der Waals surface area contributed by atoms with Crippen molar-refractivity contribution in [3.05, 3.63) is 0 Å². The molecule has 1 heterocycles. The molecule has 1 saturated heterocycles. The molecule has 1 aliphatic heterocycles. The van der Waals surface area contributed by atoms with Crippen molar-refractivity contribution >= 4 is 0 Å². The molecule has 1 fully saturated rings. The first-order chi connectivity index (χ1) is 8.72. The van der Waals surface area contributed by atoms with E-state index in [0.29, 0.717) is 0 Å². The van der Waals surface area contributed by atoms with Crippen molar-refractivity contribution in [1.82, 2.24) is 15.1 Å². The molecule has 0 aromatic carbocycles. The van der Waals surface area contributed by atoms with Gasteiger partial charge in [-0.05, 0) is 78.4 Å². The summed E-state index contributed by atoms with van der Waals surface area (Å²) in [6.45, 7) is 9.73. The second kappa shape index (κ2) is 9.76. The Balaban J connectivity index is 1.95. The quantitative estimate of drug-likeness (QED) is 0.636. The van der Waals surface area contributed by atoms with Crippen molar-refractivity contribution in [2.45, 2.75) is 39.0 Å². The van der Waals surface area contributed by atoms with Gasteiger partial charge in [0.2, 0.25) is 0 Å². The molecule has 0 aromatic heterocycles. The second-order valence-electron chi connectivity index (χ2n) is 5.96. The third-order valence-electron chi connectivity index (χ3n) is 3.91. The second-order valence-corrected chi connectivity index (χ2v) is 5.96. The minimum Gasteiger partial charge on any atom is -0.317 e. The fourth-order valence-corrected chi connectivity index (χ4v) is 2.85. The van der Waals surface area contributed by atoms with E-state index >= 15 is 0 Å². The van der Waals surface area contributed by atoms with Gasteiger partial charge in [-0.25, -0.2) is 0 Å². The number of unbranched alkanes of at least 4 members (excludes halogenated alkanes) is 2. The Bertz CT molecular complexity index is 186. The third-order valence-corrected chi connectivity index (χ3v) is 3.91. The molecule has 1 aliphatic rings. The van der Waals surface area contributed by atoms with Gasteiger partial charge in [-0.1, -0.05) is 13.3 Å². The average molecular weight is 255 g/mol. The summed E-state index contributed by atoms with van der Waals surface area (Å²) in [4.78, 5) is 5.00. The molecule has 0 saturated carbocycles. The molecule has 3 heteroatoms. The predicted molar refractivity (Wildman–Crippen MR) is 80.1 cm³/mol. The van der Waals surface area contributed by atoms with Gasteiger partial charge >= 0.3 is 0 Å². The SMILES string of the molecule is CCNCCCCCN1CCC(CN(C)C)CC1. The maximum absolute atomic E-state index is 3.39. The van der Waals surface area contributed by atoms with E-state index in [1.54, 1.807) is 0 Å². The Morgan fingerprint density at radius 1 is 1.11 bits per heavy atom. The van der Waals surface area contributed by atoms with Crippen LogP contribution in [0.15, 0.2) is 0 Å². The normalized spacial score (nSPS) is 18.7. The minimum absolute atomic E-state index is 0.935. The molecule has 0 aromatic rings. The van der Waals surface area contributed by atoms with E-state index in [1.165, 1.54) is 64.8 Å². The molecule has 0 radical (unpaired) electrons. The van der Waals surface area contributed by atoms with Crippen molar-refractivity contribution < 1.29 is 0 Å². The average Bonchev–Trinajstić information content (AvgIpc) is 2.35. The standard InChI is InChI=1S/C15H33N3/c1-4-16-10-6-5-7-11-18-12-8-15(9-13-18)14-17(2)3/h15-16H,4-14H2,1-3H3. The highest BCUT2D eigenvalue weighted by molar-refractivity contribution is 4.73. The summed E-state index contributed by atoms with van der Waals surface area (Å²) in [7, 11) is 4.38. The van der Waals surface area contributed by atoms with Crippen LogP contribution >= 0.6 is 0 Å². The van der Waals surface area contributed by atoms with Crippen LogP contribution in [-0.4, -0.2) is 63.2 Å². The number of hydrogen-bond acceptors (Lipinski definition) is 3. The number of likely N-dealkylation sites (tertiary alicyclic amines) is 1. The highest BCUT2D eigenvalue weighted by Gasteiger charge is 2.18. The van der Waals surface area contributed by atoms with E-state index in [-0.39, 0.29) is 0 Å². The molecular formula is C15H33N3. The zero-order valence-corrected chi connectivity index (χ0v) is 12.7. The molecule has 108 valence electrons. The van der Waals surface area contributed by atoms with Gasteiger partial charge in [0.15, 0.2) is 0 Å². The first-order valence-electron chi connectivity index (χ1n) is 7.80. The number of hydrogen-bond donors (Lipinski definition) is 1. The summed E-state index contributed by atoms with van der Waals surface area (Å²) in [5.41, 5.74) is 0. The van der Waals surface area contributed by atoms with Crippen LogP contribution in [0, 0.1) is 5.92 Å². The molecule has 0 aliphatic carbocycles. The molecule has 18 heavy (non-hydrogen) atoms. The maximum Gasteiger partial charge on any atom is 0.000451 e. The van der Waals surface area contributed by atoms with Crippen molar-refractivity contribution in [1.29, 1.82) is 0 Å². The Morgan fingerprint density at radius 3 is 2.44 bits per heavy atom. The summed E-state index contributed by atoms with van der Waals surface area (Å²) >= 11 is 0. The smallest absolute Gasteiger partial charge is 0.000451 e. The Kier molecular flexibility index (Phi) is 8.64. The van der Waals surface area contributed by atoms with Crippen LogP contribution in [0.25, 0.3) is 0 Å². The molecular weight excluding hydrogens is 222 g/mol.